The topological polar surface area (TPSA) is 67.9 Å². The molecular weight excluding hydrogens is 375 g/mol. The average molecular weight is 400 g/mol. The summed E-state index contributed by atoms with van der Waals surface area (Å²) in [5.74, 6) is 0.680. The van der Waals surface area contributed by atoms with Crippen molar-refractivity contribution in [2.24, 2.45) is 0 Å². The van der Waals surface area contributed by atoms with Crippen LogP contribution in [0.15, 0.2) is 42.5 Å². The van der Waals surface area contributed by atoms with E-state index in [-0.39, 0.29) is 37.4 Å². The summed E-state index contributed by atoms with van der Waals surface area (Å²) < 4.78 is 23.9. The molecule has 1 heterocycles. The van der Waals surface area contributed by atoms with E-state index in [9.17, 15) is 14.0 Å². The van der Waals surface area contributed by atoms with Crippen molar-refractivity contribution in [3.8, 4) is 11.5 Å². The third-order valence-corrected chi connectivity index (χ3v) is 4.96. The summed E-state index contributed by atoms with van der Waals surface area (Å²) in [4.78, 5) is 27.0. The third-order valence-electron chi connectivity index (χ3n) is 4.96. The summed E-state index contributed by atoms with van der Waals surface area (Å²) in [5, 5.41) is 2.63. The lowest BCUT2D eigenvalue weighted by Gasteiger charge is -2.30. The predicted molar refractivity (Wildman–Crippen MR) is 106 cm³/mol. The normalized spacial score (nSPS) is 13.1. The Hall–Kier alpha value is -3.09. The fraction of sp³-hybridized carbons (Fsp3) is 0.364. The van der Waals surface area contributed by atoms with E-state index in [2.05, 4.69) is 5.32 Å². The number of amides is 2. The van der Waals surface area contributed by atoms with Gasteiger partial charge in [-0.05, 0) is 48.2 Å². The Balaban J connectivity index is 1.73. The van der Waals surface area contributed by atoms with Crippen molar-refractivity contribution >= 4 is 11.8 Å². The maximum Gasteiger partial charge on any atom is 0.242 e. The van der Waals surface area contributed by atoms with Gasteiger partial charge in [0.25, 0.3) is 0 Å². The zero-order valence-corrected chi connectivity index (χ0v) is 16.6. The number of carbonyl (C=O) groups is 2. The Morgan fingerprint density at radius 1 is 1.10 bits per heavy atom. The minimum Gasteiger partial charge on any atom is -0.454 e. The molecule has 29 heavy (non-hydrogen) atoms. The Bertz CT molecular complexity index is 870. The standard InChI is InChI=1S/C22H25FN2O4/c1-3-18(22(27)24-2)25(13-16-4-8-17(23)9-5-16)21(26)11-7-15-6-10-19-20(12-15)29-14-28-19/h4-6,8-10,12,18H,3,7,11,13-14H2,1-2H3,(H,24,27). The lowest BCUT2D eigenvalue weighted by atomic mass is 10.1. The van der Waals surface area contributed by atoms with E-state index in [4.69, 9.17) is 9.47 Å². The lowest BCUT2D eigenvalue weighted by molar-refractivity contribution is -0.141. The van der Waals surface area contributed by atoms with E-state index in [1.807, 2.05) is 25.1 Å². The van der Waals surface area contributed by atoms with Crippen molar-refractivity contribution in [2.45, 2.75) is 38.8 Å². The highest BCUT2D eigenvalue weighted by Gasteiger charge is 2.27. The fourth-order valence-corrected chi connectivity index (χ4v) is 3.36. The number of ether oxygens (including phenoxy) is 2. The maximum atomic E-state index is 13.2. The Morgan fingerprint density at radius 2 is 1.79 bits per heavy atom. The number of halogens is 1. The number of nitrogens with one attached hydrogen (secondary N) is 1. The van der Waals surface area contributed by atoms with Crippen LogP contribution < -0.4 is 14.8 Å². The van der Waals surface area contributed by atoms with Gasteiger partial charge in [-0.2, -0.15) is 0 Å². The van der Waals surface area contributed by atoms with Gasteiger partial charge in [0.05, 0.1) is 0 Å². The highest BCUT2D eigenvalue weighted by atomic mass is 19.1. The summed E-state index contributed by atoms with van der Waals surface area (Å²) >= 11 is 0. The quantitative estimate of drug-likeness (QED) is 0.740. The first-order chi connectivity index (χ1) is 14.0. The van der Waals surface area contributed by atoms with Crippen molar-refractivity contribution in [1.29, 1.82) is 0 Å². The number of rotatable bonds is 8. The molecule has 0 bridgehead atoms. The second-order valence-corrected chi connectivity index (χ2v) is 6.87. The van der Waals surface area contributed by atoms with Crippen LogP contribution in [-0.2, 0) is 22.6 Å². The molecule has 0 aliphatic carbocycles. The van der Waals surface area contributed by atoms with Crippen LogP contribution in [0.2, 0.25) is 0 Å². The Labute approximate surface area is 169 Å². The number of hydrogen-bond acceptors (Lipinski definition) is 4. The van der Waals surface area contributed by atoms with Crippen molar-refractivity contribution in [2.75, 3.05) is 13.8 Å². The van der Waals surface area contributed by atoms with Gasteiger partial charge in [0.1, 0.15) is 11.9 Å². The average Bonchev–Trinajstić information content (AvgIpc) is 3.21. The number of nitrogens with zero attached hydrogens (tertiary/aromatic N) is 1. The molecule has 3 rings (SSSR count). The summed E-state index contributed by atoms with van der Waals surface area (Å²) in [6.07, 6.45) is 1.24. The van der Waals surface area contributed by atoms with Crippen molar-refractivity contribution in [1.82, 2.24) is 10.2 Å². The molecule has 2 aromatic rings. The number of carbonyl (C=O) groups excluding carboxylic acids is 2. The lowest BCUT2D eigenvalue weighted by Crippen LogP contribution is -2.48. The van der Waals surface area contributed by atoms with Gasteiger partial charge >= 0.3 is 0 Å². The molecular formula is C22H25FN2O4. The SMILES string of the molecule is CCC(C(=O)NC)N(Cc1ccc(F)cc1)C(=O)CCc1ccc2c(c1)OCO2. The molecule has 1 aliphatic heterocycles. The van der Waals surface area contributed by atoms with E-state index < -0.39 is 6.04 Å². The number of aryl methyl sites for hydroxylation is 1. The van der Waals surface area contributed by atoms with Crippen LogP contribution in [0.1, 0.15) is 30.9 Å². The zero-order valence-electron chi connectivity index (χ0n) is 16.6. The molecule has 0 fully saturated rings. The number of hydrogen-bond donors (Lipinski definition) is 1. The number of benzene rings is 2. The monoisotopic (exact) mass is 400 g/mol. The first-order valence-corrected chi connectivity index (χ1v) is 9.65. The van der Waals surface area contributed by atoms with E-state index in [0.717, 1.165) is 11.1 Å². The van der Waals surface area contributed by atoms with Crippen LogP contribution in [0.3, 0.4) is 0 Å². The van der Waals surface area contributed by atoms with Gasteiger partial charge in [-0.1, -0.05) is 25.1 Å². The van der Waals surface area contributed by atoms with Gasteiger partial charge in [-0.15, -0.1) is 0 Å². The molecule has 1 unspecified atom stereocenters. The summed E-state index contributed by atoms with van der Waals surface area (Å²) in [6.45, 7) is 2.31. The van der Waals surface area contributed by atoms with Gasteiger partial charge in [-0.3, -0.25) is 9.59 Å². The fourth-order valence-electron chi connectivity index (χ4n) is 3.36. The van der Waals surface area contributed by atoms with Gasteiger partial charge < -0.3 is 19.7 Å². The summed E-state index contributed by atoms with van der Waals surface area (Å²) in [5.41, 5.74) is 1.72. The largest absolute Gasteiger partial charge is 0.454 e. The van der Waals surface area contributed by atoms with Gasteiger partial charge in [0, 0.05) is 20.0 Å². The number of likely N-dealkylation sites (N-methyl/N-ethyl adjacent to an activating group) is 1. The van der Waals surface area contributed by atoms with Crippen LogP contribution in [0, 0.1) is 5.82 Å². The van der Waals surface area contributed by atoms with Crippen LogP contribution in [0.5, 0.6) is 11.5 Å². The van der Waals surface area contributed by atoms with Crippen LogP contribution in [-0.4, -0.2) is 36.6 Å². The predicted octanol–water partition coefficient (Wildman–Crippen LogP) is 3.04. The molecule has 1 atom stereocenters. The molecule has 154 valence electrons. The zero-order chi connectivity index (χ0) is 20.8. The minimum atomic E-state index is -0.589. The van der Waals surface area contributed by atoms with Gasteiger partial charge in [0.15, 0.2) is 11.5 Å². The van der Waals surface area contributed by atoms with Crippen molar-refractivity contribution in [3.05, 3.63) is 59.4 Å². The highest BCUT2D eigenvalue weighted by molar-refractivity contribution is 5.87. The van der Waals surface area contributed by atoms with Crippen LogP contribution in [0.4, 0.5) is 4.39 Å². The molecule has 2 amide bonds. The molecule has 1 aliphatic rings. The van der Waals surface area contributed by atoms with Crippen LogP contribution in [0.25, 0.3) is 0 Å². The Morgan fingerprint density at radius 3 is 2.48 bits per heavy atom. The maximum absolute atomic E-state index is 13.2. The first-order valence-electron chi connectivity index (χ1n) is 9.65. The minimum absolute atomic E-state index is 0.137. The molecule has 0 saturated carbocycles. The van der Waals surface area contributed by atoms with E-state index in [1.54, 1.807) is 24.1 Å². The second-order valence-electron chi connectivity index (χ2n) is 6.87. The molecule has 0 saturated heterocycles. The van der Waals surface area contributed by atoms with Crippen molar-refractivity contribution < 1.29 is 23.5 Å². The number of fused-ring (bicyclic) bond motifs is 1. The van der Waals surface area contributed by atoms with E-state index in [1.165, 1.54) is 12.1 Å². The van der Waals surface area contributed by atoms with Crippen molar-refractivity contribution in [3.63, 3.8) is 0 Å². The smallest absolute Gasteiger partial charge is 0.242 e. The van der Waals surface area contributed by atoms with Crippen LogP contribution >= 0.6 is 0 Å². The van der Waals surface area contributed by atoms with E-state index in [0.29, 0.717) is 24.3 Å². The Kier molecular flexibility index (Phi) is 6.69. The molecule has 0 aromatic heterocycles. The van der Waals surface area contributed by atoms with Gasteiger partial charge in [-0.25, -0.2) is 4.39 Å². The molecule has 0 radical (unpaired) electrons. The van der Waals surface area contributed by atoms with Gasteiger partial charge in [0.2, 0.25) is 18.6 Å². The highest BCUT2D eigenvalue weighted by Crippen LogP contribution is 2.32. The second kappa shape index (κ2) is 9.41. The molecule has 7 heteroatoms. The molecule has 2 aromatic carbocycles. The molecule has 0 spiro atoms. The van der Waals surface area contributed by atoms with E-state index >= 15 is 0 Å². The molecule has 1 N–H and O–H groups in total. The summed E-state index contributed by atoms with van der Waals surface area (Å²) in [7, 11) is 1.55. The third kappa shape index (κ3) is 5.04. The summed E-state index contributed by atoms with van der Waals surface area (Å²) in [6, 6.07) is 11.0. The molecule has 6 nitrogen and oxygen atoms in total. The first kappa shape index (κ1) is 20.6.